The molecule has 0 rings (SSSR count). The summed E-state index contributed by atoms with van der Waals surface area (Å²) in [6, 6.07) is 0. The number of methoxy groups -OCH3 is 2. The Morgan fingerprint density at radius 2 is 1.71 bits per heavy atom. The highest BCUT2D eigenvalue weighted by atomic mass is 35.5. The van der Waals surface area contributed by atoms with Gasteiger partial charge in [0.05, 0.1) is 19.3 Å². The summed E-state index contributed by atoms with van der Waals surface area (Å²) in [4.78, 5) is 2.07. The van der Waals surface area contributed by atoms with E-state index in [-0.39, 0.29) is 5.88 Å². The predicted molar refractivity (Wildman–Crippen MR) is 56.9 cm³/mol. The Morgan fingerprint density at radius 1 is 1.21 bits per heavy atom. The van der Waals surface area contributed by atoms with E-state index >= 15 is 0 Å². The summed E-state index contributed by atoms with van der Waals surface area (Å²) >= 11 is 5.52. The SMILES string of the molecule is COCCN(CCOC)CC(O)CCl. The Morgan fingerprint density at radius 3 is 2.07 bits per heavy atom. The largest absolute Gasteiger partial charge is 0.391 e. The minimum Gasteiger partial charge on any atom is -0.391 e. The molecule has 0 aromatic rings. The molecule has 0 spiro atoms. The van der Waals surface area contributed by atoms with Crippen LogP contribution in [0.3, 0.4) is 0 Å². The molecule has 0 radical (unpaired) electrons. The van der Waals surface area contributed by atoms with E-state index in [0.29, 0.717) is 19.8 Å². The third kappa shape index (κ3) is 7.53. The summed E-state index contributed by atoms with van der Waals surface area (Å²) in [6.45, 7) is 3.44. The lowest BCUT2D eigenvalue weighted by Gasteiger charge is -2.23. The highest BCUT2D eigenvalue weighted by molar-refractivity contribution is 6.18. The van der Waals surface area contributed by atoms with Crippen LogP contribution in [0.5, 0.6) is 0 Å². The van der Waals surface area contributed by atoms with Gasteiger partial charge in [0.25, 0.3) is 0 Å². The second kappa shape index (κ2) is 9.68. The van der Waals surface area contributed by atoms with Crippen LogP contribution in [0.25, 0.3) is 0 Å². The Balaban J connectivity index is 3.71. The van der Waals surface area contributed by atoms with Crippen molar-refractivity contribution >= 4 is 11.6 Å². The van der Waals surface area contributed by atoms with Gasteiger partial charge in [0, 0.05) is 39.7 Å². The minimum absolute atomic E-state index is 0.260. The second-order valence-corrected chi connectivity index (χ2v) is 3.40. The van der Waals surface area contributed by atoms with Crippen LogP contribution >= 0.6 is 11.6 Å². The van der Waals surface area contributed by atoms with Gasteiger partial charge in [-0.2, -0.15) is 0 Å². The van der Waals surface area contributed by atoms with Crippen LogP contribution in [0.4, 0.5) is 0 Å². The standard InChI is InChI=1S/C9H20ClNO3/c1-13-5-3-11(4-6-14-2)8-9(12)7-10/h9,12H,3-8H2,1-2H3. The summed E-state index contributed by atoms with van der Waals surface area (Å²) in [6.07, 6.45) is -0.481. The summed E-state index contributed by atoms with van der Waals surface area (Å²) < 4.78 is 9.94. The molecule has 0 aromatic carbocycles. The second-order valence-electron chi connectivity index (χ2n) is 3.09. The first-order valence-corrected chi connectivity index (χ1v) is 5.22. The lowest BCUT2D eigenvalue weighted by atomic mass is 10.3. The zero-order valence-electron chi connectivity index (χ0n) is 8.91. The van der Waals surface area contributed by atoms with Gasteiger partial charge in [-0.15, -0.1) is 11.6 Å². The van der Waals surface area contributed by atoms with Gasteiger partial charge in [-0.1, -0.05) is 0 Å². The van der Waals surface area contributed by atoms with E-state index in [1.807, 2.05) is 0 Å². The molecule has 0 amide bonds. The van der Waals surface area contributed by atoms with E-state index in [1.165, 1.54) is 0 Å². The minimum atomic E-state index is -0.481. The Kier molecular flexibility index (Phi) is 9.77. The lowest BCUT2D eigenvalue weighted by Crippen LogP contribution is -2.37. The third-order valence-corrected chi connectivity index (χ3v) is 2.23. The first kappa shape index (κ1) is 14.1. The van der Waals surface area contributed by atoms with Crippen molar-refractivity contribution in [2.75, 3.05) is 52.9 Å². The molecule has 4 nitrogen and oxygen atoms in total. The van der Waals surface area contributed by atoms with E-state index in [1.54, 1.807) is 14.2 Å². The molecule has 86 valence electrons. The fraction of sp³-hybridized carbons (Fsp3) is 1.00. The van der Waals surface area contributed by atoms with Crippen molar-refractivity contribution in [3.8, 4) is 0 Å². The van der Waals surface area contributed by atoms with Crippen molar-refractivity contribution in [1.82, 2.24) is 4.90 Å². The molecular formula is C9H20ClNO3. The summed E-state index contributed by atoms with van der Waals surface area (Å²) in [5.74, 6) is 0.260. The van der Waals surface area contributed by atoms with Gasteiger partial charge in [-0.05, 0) is 0 Å². The predicted octanol–water partition coefficient (Wildman–Crippen LogP) is 0.181. The maximum Gasteiger partial charge on any atom is 0.0802 e. The van der Waals surface area contributed by atoms with Crippen LogP contribution in [0, 0.1) is 0 Å². The normalized spacial score (nSPS) is 13.5. The molecule has 1 atom stereocenters. The van der Waals surface area contributed by atoms with Crippen LogP contribution in [0.1, 0.15) is 0 Å². The van der Waals surface area contributed by atoms with Gasteiger partial charge in [0.2, 0.25) is 0 Å². The number of hydrogen-bond acceptors (Lipinski definition) is 4. The highest BCUT2D eigenvalue weighted by Gasteiger charge is 2.10. The smallest absolute Gasteiger partial charge is 0.0802 e. The summed E-state index contributed by atoms with van der Waals surface area (Å²) in [7, 11) is 3.32. The molecule has 0 saturated heterocycles. The van der Waals surface area contributed by atoms with Crippen molar-refractivity contribution in [2.45, 2.75) is 6.10 Å². The number of halogens is 1. The number of hydrogen-bond donors (Lipinski definition) is 1. The average molecular weight is 226 g/mol. The molecule has 0 aliphatic heterocycles. The zero-order chi connectivity index (χ0) is 10.8. The average Bonchev–Trinajstić information content (AvgIpc) is 2.21. The zero-order valence-corrected chi connectivity index (χ0v) is 9.66. The molecule has 0 bridgehead atoms. The molecule has 0 heterocycles. The molecule has 1 unspecified atom stereocenters. The number of alkyl halides is 1. The maximum atomic E-state index is 9.37. The molecule has 14 heavy (non-hydrogen) atoms. The van der Waals surface area contributed by atoms with Gasteiger partial charge in [0.1, 0.15) is 0 Å². The lowest BCUT2D eigenvalue weighted by molar-refractivity contribution is 0.0778. The van der Waals surface area contributed by atoms with E-state index in [9.17, 15) is 5.11 Å². The highest BCUT2D eigenvalue weighted by Crippen LogP contribution is 1.95. The Hall–Kier alpha value is 0.130. The monoisotopic (exact) mass is 225 g/mol. The van der Waals surface area contributed by atoms with Crippen LogP contribution in [-0.4, -0.2) is 69.1 Å². The quantitative estimate of drug-likeness (QED) is 0.569. The van der Waals surface area contributed by atoms with Gasteiger partial charge in [-0.3, -0.25) is 4.90 Å². The van der Waals surface area contributed by atoms with E-state index < -0.39 is 6.10 Å². The number of rotatable bonds is 9. The van der Waals surface area contributed by atoms with Gasteiger partial charge < -0.3 is 14.6 Å². The van der Waals surface area contributed by atoms with Crippen molar-refractivity contribution < 1.29 is 14.6 Å². The number of aliphatic hydroxyl groups excluding tert-OH is 1. The van der Waals surface area contributed by atoms with Crippen LogP contribution in [0.15, 0.2) is 0 Å². The number of nitrogens with zero attached hydrogens (tertiary/aromatic N) is 1. The third-order valence-electron chi connectivity index (χ3n) is 1.87. The fourth-order valence-corrected chi connectivity index (χ4v) is 1.18. The van der Waals surface area contributed by atoms with Crippen LogP contribution in [0.2, 0.25) is 0 Å². The van der Waals surface area contributed by atoms with E-state index in [0.717, 1.165) is 13.1 Å². The summed E-state index contributed by atoms with van der Waals surface area (Å²) in [5, 5.41) is 9.37. The molecular weight excluding hydrogens is 206 g/mol. The topological polar surface area (TPSA) is 41.9 Å². The maximum absolute atomic E-state index is 9.37. The fourth-order valence-electron chi connectivity index (χ4n) is 1.08. The van der Waals surface area contributed by atoms with E-state index in [2.05, 4.69) is 4.90 Å². The molecule has 1 N–H and O–H groups in total. The number of aliphatic hydroxyl groups is 1. The molecule has 0 aromatic heterocycles. The number of ether oxygens (including phenoxy) is 2. The molecule has 0 saturated carbocycles. The first-order chi connectivity index (χ1) is 6.74. The van der Waals surface area contributed by atoms with Crippen molar-refractivity contribution in [3.63, 3.8) is 0 Å². The summed E-state index contributed by atoms with van der Waals surface area (Å²) in [5.41, 5.74) is 0. The first-order valence-electron chi connectivity index (χ1n) is 4.68. The van der Waals surface area contributed by atoms with Crippen molar-refractivity contribution in [2.24, 2.45) is 0 Å². The molecule has 0 aliphatic carbocycles. The Bertz CT molecular complexity index is 119. The van der Waals surface area contributed by atoms with Crippen LogP contribution < -0.4 is 0 Å². The Labute approximate surface area is 90.7 Å². The molecule has 0 fully saturated rings. The molecule has 5 heteroatoms. The van der Waals surface area contributed by atoms with Gasteiger partial charge in [-0.25, -0.2) is 0 Å². The van der Waals surface area contributed by atoms with Gasteiger partial charge in [0.15, 0.2) is 0 Å². The van der Waals surface area contributed by atoms with Crippen molar-refractivity contribution in [1.29, 1.82) is 0 Å². The van der Waals surface area contributed by atoms with E-state index in [4.69, 9.17) is 21.1 Å². The van der Waals surface area contributed by atoms with Crippen molar-refractivity contribution in [3.05, 3.63) is 0 Å². The van der Waals surface area contributed by atoms with Crippen LogP contribution in [-0.2, 0) is 9.47 Å². The molecule has 0 aliphatic rings. The van der Waals surface area contributed by atoms with Gasteiger partial charge >= 0.3 is 0 Å².